The summed E-state index contributed by atoms with van der Waals surface area (Å²) >= 11 is 0. The van der Waals surface area contributed by atoms with Gasteiger partial charge in [0.15, 0.2) is 0 Å². The number of para-hydroxylation sites is 1. The molecule has 1 amide bonds. The Bertz CT molecular complexity index is 1410. The van der Waals surface area contributed by atoms with Gasteiger partial charge in [0.1, 0.15) is 5.65 Å². The first kappa shape index (κ1) is 23.5. The van der Waals surface area contributed by atoms with Gasteiger partial charge in [0, 0.05) is 30.5 Å². The fraction of sp³-hybridized carbons (Fsp3) is 0.321. The molecule has 4 aromatic rings. The molecule has 0 atom stereocenters. The molecule has 2 aromatic heterocycles. The zero-order valence-electron chi connectivity index (χ0n) is 20.6. The van der Waals surface area contributed by atoms with Gasteiger partial charge in [-0.05, 0) is 69.9 Å². The van der Waals surface area contributed by atoms with Crippen LogP contribution in [0.15, 0.2) is 53.3 Å². The first-order valence-corrected chi connectivity index (χ1v) is 11.8. The van der Waals surface area contributed by atoms with Gasteiger partial charge in [0.2, 0.25) is 5.91 Å². The smallest absolute Gasteiger partial charge is 0.255 e. The molecule has 34 heavy (non-hydrogen) atoms. The van der Waals surface area contributed by atoms with Gasteiger partial charge < -0.3 is 5.32 Å². The van der Waals surface area contributed by atoms with E-state index < -0.39 is 0 Å². The molecule has 0 aliphatic rings. The van der Waals surface area contributed by atoms with Crippen molar-refractivity contribution in [2.24, 2.45) is 0 Å². The number of carbonyl (C=O) groups is 1. The molecule has 6 heteroatoms. The van der Waals surface area contributed by atoms with E-state index >= 15 is 0 Å². The molecule has 0 saturated heterocycles. The molecule has 2 heterocycles. The molecule has 0 radical (unpaired) electrons. The van der Waals surface area contributed by atoms with E-state index in [9.17, 15) is 9.59 Å². The van der Waals surface area contributed by atoms with Crippen LogP contribution < -0.4 is 10.9 Å². The third-order valence-corrected chi connectivity index (χ3v) is 6.52. The molecule has 1 N–H and O–H groups in total. The van der Waals surface area contributed by atoms with E-state index in [1.807, 2.05) is 69.6 Å². The summed E-state index contributed by atoms with van der Waals surface area (Å²) in [6.07, 6.45) is 0.664. The second-order valence-corrected chi connectivity index (χ2v) is 8.89. The zero-order valence-corrected chi connectivity index (χ0v) is 20.6. The van der Waals surface area contributed by atoms with Gasteiger partial charge in [-0.1, -0.05) is 42.0 Å². The van der Waals surface area contributed by atoms with Crippen molar-refractivity contribution in [3.63, 3.8) is 0 Å². The van der Waals surface area contributed by atoms with Crippen LogP contribution in [0.1, 0.15) is 46.9 Å². The number of hydrogen-bond donors (Lipinski definition) is 1. The van der Waals surface area contributed by atoms with Crippen LogP contribution in [0.3, 0.4) is 0 Å². The third kappa shape index (κ3) is 4.40. The lowest BCUT2D eigenvalue weighted by Gasteiger charge is -2.14. The van der Waals surface area contributed by atoms with Gasteiger partial charge in [-0.2, -0.15) is 5.10 Å². The molecule has 0 spiro atoms. The van der Waals surface area contributed by atoms with Crippen LogP contribution in [0, 0.1) is 27.7 Å². The monoisotopic (exact) mass is 456 g/mol. The number of nitrogens with zero attached hydrogens (tertiary/aromatic N) is 3. The minimum absolute atomic E-state index is 0.0492. The van der Waals surface area contributed by atoms with Crippen LogP contribution in [-0.4, -0.2) is 20.3 Å². The fourth-order valence-electron chi connectivity index (χ4n) is 4.62. The maximum Gasteiger partial charge on any atom is 0.255 e. The SMILES string of the molecule is CCn1c(=O)c(CCC(=O)NCc2cc(C)ccc2C)c(C)c2c(C)nn(-c3ccccc3)c21. The minimum Gasteiger partial charge on any atom is -0.352 e. The normalized spacial score (nSPS) is 11.2. The summed E-state index contributed by atoms with van der Waals surface area (Å²) in [6, 6.07) is 16.1. The Balaban J connectivity index is 1.62. The van der Waals surface area contributed by atoms with E-state index in [0.29, 0.717) is 25.1 Å². The number of amides is 1. The highest BCUT2D eigenvalue weighted by atomic mass is 16.1. The number of benzene rings is 2. The Labute approximate surface area is 200 Å². The number of nitrogens with one attached hydrogen (secondary N) is 1. The Hall–Kier alpha value is -3.67. The largest absolute Gasteiger partial charge is 0.352 e. The van der Waals surface area contributed by atoms with Crippen molar-refractivity contribution in [3.05, 3.63) is 92.4 Å². The molecule has 0 unspecified atom stereocenters. The van der Waals surface area contributed by atoms with Crippen molar-refractivity contribution in [1.29, 1.82) is 0 Å². The number of aromatic nitrogens is 3. The van der Waals surface area contributed by atoms with E-state index in [-0.39, 0.29) is 17.9 Å². The summed E-state index contributed by atoms with van der Waals surface area (Å²) < 4.78 is 3.63. The summed E-state index contributed by atoms with van der Waals surface area (Å²) in [5.41, 5.74) is 7.58. The number of fused-ring (bicyclic) bond motifs is 1. The van der Waals surface area contributed by atoms with E-state index in [2.05, 4.69) is 23.5 Å². The Morgan fingerprint density at radius 3 is 2.47 bits per heavy atom. The van der Waals surface area contributed by atoms with Crippen molar-refractivity contribution >= 4 is 16.9 Å². The number of aryl methyl sites for hydroxylation is 5. The molecular formula is C28H32N4O2. The number of rotatable bonds is 7. The van der Waals surface area contributed by atoms with Crippen LogP contribution in [0.4, 0.5) is 0 Å². The lowest BCUT2D eigenvalue weighted by atomic mass is 10.0. The van der Waals surface area contributed by atoms with Crippen molar-refractivity contribution < 1.29 is 4.79 Å². The summed E-state index contributed by atoms with van der Waals surface area (Å²) in [7, 11) is 0. The fourth-order valence-corrected chi connectivity index (χ4v) is 4.62. The first-order chi connectivity index (χ1) is 16.3. The lowest BCUT2D eigenvalue weighted by molar-refractivity contribution is -0.121. The van der Waals surface area contributed by atoms with Gasteiger partial charge >= 0.3 is 0 Å². The van der Waals surface area contributed by atoms with E-state index in [1.165, 1.54) is 5.56 Å². The third-order valence-electron chi connectivity index (χ3n) is 6.52. The predicted molar refractivity (Wildman–Crippen MR) is 137 cm³/mol. The minimum atomic E-state index is -0.0560. The molecule has 0 fully saturated rings. The molecule has 0 saturated carbocycles. The van der Waals surface area contributed by atoms with Crippen molar-refractivity contribution in [2.75, 3.05) is 0 Å². The van der Waals surface area contributed by atoms with E-state index in [0.717, 1.165) is 39.1 Å². The van der Waals surface area contributed by atoms with E-state index in [1.54, 1.807) is 4.57 Å². The van der Waals surface area contributed by atoms with Crippen LogP contribution in [-0.2, 0) is 24.3 Å². The molecule has 2 aromatic carbocycles. The zero-order chi connectivity index (χ0) is 24.4. The molecule has 0 bridgehead atoms. The highest BCUT2D eigenvalue weighted by molar-refractivity contribution is 5.85. The maximum atomic E-state index is 13.5. The Morgan fingerprint density at radius 1 is 1.03 bits per heavy atom. The van der Waals surface area contributed by atoms with Crippen molar-refractivity contribution in [1.82, 2.24) is 19.7 Å². The summed E-state index contributed by atoms with van der Waals surface area (Å²) in [5.74, 6) is -0.0560. The molecule has 176 valence electrons. The Morgan fingerprint density at radius 2 is 1.76 bits per heavy atom. The predicted octanol–water partition coefficient (Wildman–Crippen LogP) is 4.69. The molecule has 4 rings (SSSR count). The van der Waals surface area contributed by atoms with Gasteiger partial charge in [-0.25, -0.2) is 4.68 Å². The molecule has 0 aliphatic heterocycles. The van der Waals surface area contributed by atoms with Gasteiger partial charge in [0.05, 0.1) is 11.4 Å². The molecule has 0 aliphatic carbocycles. The average molecular weight is 457 g/mol. The van der Waals surface area contributed by atoms with Crippen LogP contribution >= 0.6 is 0 Å². The van der Waals surface area contributed by atoms with Crippen molar-refractivity contribution in [3.8, 4) is 5.69 Å². The number of pyridine rings is 1. The quantitative estimate of drug-likeness (QED) is 0.439. The lowest BCUT2D eigenvalue weighted by Crippen LogP contribution is -2.28. The maximum absolute atomic E-state index is 13.5. The first-order valence-electron chi connectivity index (χ1n) is 11.8. The van der Waals surface area contributed by atoms with Gasteiger partial charge in [-0.3, -0.25) is 14.2 Å². The number of carbonyl (C=O) groups excluding carboxylic acids is 1. The van der Waals surface area contributed by atoms with Crippen LogP contribution in [0.2, 0.25) is 0 Å². The number of hydrogen-bond acceptors (Lipinski definition) is 3. The standard InChI is InChI=1S/C28H32N4O2/c1-6-31-27-26(21(5)30-32(27)23-10-8-7-9-11-23)20(4)24(28(31)34)14-15-25(33)29-17-22-16-18(2)12-13-19(22)3/h7-13,16H,6,14-15,17H2,1-5H3,(H,29,33). The summed E-state index contributed by atoms with van der Waals surface area (Å²) in [4.78, 5) is 26.1. The molecule has 6 nitrogen and oxygen atoms in total. The summed E-state index contributed by atoms with van der Waals surface area (Å²) in [6.45, 7) is 11.0. The van der Waals surface area contributed by atoms with E-state index in [4.69, 9.17) is 5.10 Å². The van der Waals surface area contributed by atoms with Crippen molar-refractivity contribution in [2.45, 2.75) is 60.5 Å². The summed E-state index contributed by atoms with van der Waals surface area (Å²) in [5, 5.41) is 8.76. The second-order valence-electron chi connectivity index (χ2n) is 8.89. The Kier molecular flexibility index (Phi) is 6.68. The van der Waals surface area contributed by atoms with Crippen LogP contribution in [0.5, 0.6) is 0 Å². The van der Waals surface area contributed by atoms with Gasteiger partial charge in [0.25, 0.3) is 5.56 Å². The van der Waals surface area contributed by atoms with Crippen LogP contribution in [0.25, 0.3) is 16.7 Å². The second kappa shape index (κ2) is 9.67. The highest BCUT2D eigenvalue weighted by Crippen LogP contribution is 2.26. The highest BCUT2D eigenvalue weighted by Gasteiger charge is 2.21. The topological polar surface area (TPSA) is 68.9 Å². The van der Waals surface area contributed by atoms with Gasteiger partial charge in [-0.15, -0.1) is 0 Å². The average Bonchev–Trinajstić information content (AvgIpc) is 3.17. The molecular weight excluding hydrogens is 424 g/mol.